The number of halogens is 4. The second-order valence-electron chi connectivity index (χ2n) is 7.27. The average Bonchev–Trinajstić information content (AvgIpc) is 3.22. The number of alkyl halides is 3. The zero-order chi connectivity index (χ0) is 21.1. The maximum absolute atomic E-state index is 13.3. The van der Waals surface area contributed by atoms with Crippen molar-refractivity contribution < 1.29 is 13.2 Å². The molecule has 8 heteroatoms. The van der Waals surface area contributed by atoms with E-state index < -0.39 is 11.7 Å². The van der Waals surface area contributed by atoms with E-state index in [1.54, 1.807) is 12.1 Å². The molecule has 0 amide bonds. The van der Waals surface area contributed by atoms with Crippen molar-refractivity contribution in [2.24, 2.45) is 0 Å². The van der Waals surface area contributed by atoms with E-state index in [4.69, 9.17) is 0 Å². The van der Waals surface area contributed by atoms with Gasteiger partial charge in [-0.1, -0.05) is 59.1 Å². The van der Waals surface area contributed by atoms with E-state index in [1.807, 2.05) is 30.3 Å². The monoisotopic (exact) mass is 476 g/mol. The Kier molecular flexibility index (Phi) is 5.94. The van der Waals surface area contributed by atoms with Gasteiger partial charge >= 0.3 is 6.18 Å². The molecule has 1 aliphatic carbocycles. The van der Waals surface area contributed by atoms with Crippen molar-refractivity contribution in [1.82, 2.24) is 9.97 Å². The summed E-state index contributed by atoms with van der Waals surface area (Å²) >= 11 is 2.97. The van der Waals surface area contributed by atoms with Crippen LogP contribution in [0.3, 0.4) is 0 Å². The SMILES string of the molecule is FC(F)(F)c1cc(Nc2cc(-c3ccccc3)nc(NC3CCCC3)n2)ccc1Br. The molecule has 1 heterocycles. The molecule has 0 atom stereocenters. The molecule has 4 rings (SSSR count). The predicted octanol–water partition coefficient (Wildman–Crippen LogP) is 7.02. The highest BCUT2D eigenvalue weighted by Gasteiger charge is 2.33. The lowest BCUT2D eigenvalue weighted by Gasteiger charge is -2.16. The van der Waals surface area contributed by atoms with Crippen LogP contribution in [0, 0.1) is 0 Å². The molecule has 0 bridgehead atoms. The van der Waals surface area contributed by atoms with E-state index in [0.29, 0.717) is 29.2 Å². The molecule has 1 fully saturated rings. The summed E-state index contributed by atoms with van der Waals surface area (Å²) in [4.78, 5) is 9.14. The van der Waals surface area contributed by atoms with E-state index >= 15 is 0 Å². The Morgan fingerprint density at radius 1 is 0.933 bits per heavy atom. The quantitative estimate of drug-likeness (QED) is 0.415. The molecule has 0 unspecified atom stereocenters. The van der Waals surface area contributed by atoms with Gasteiger partial charge in [0.25, 0.3) is 0 Å². The minimum absolute atomic E-state index is 0.00296. The van der Waals surface area contributed by atoms with E-state index in [9.17, 15) is 13.2 Å². The van der Waals surface area contributed by atoms with Crippen LogP contribution in [-0.4, -0.2) is 16.0 Å². The maximum atomic E-state index is 13.3. The number of hydrogen-bond donors (Lipinski definition) is 2. The van der Waals surface area contributed by atoms with Crippen molar-refractivity contribution in [1.29, 1.82) is 0 Å². The van der Waals surface area contributed by atoms with Gasteiger partial charge in [0, 0.05) is 27.8 Å². The maximum Gasteiger partial charge on any atom is 0.417 e. The molecule has 1 aliphatic rings. The molecular formula is C22H20BrF3N4. The second kappa shape index (κ2) is 8.63. The first-order chi connectivity index (χ1) is 14.4. The normalized spacial score (nSPS) is 14.7. The van der Waals surface area contributed by atoms with Crippen molar-refractivity contribution in [3.8, 4) is 11.3 Å². The summed E-state index contributed by atoms with van der Waals surface area (Å²) in [5, 5.41) is 6.38. The number of benzene rings is 2. The van der Waals surface area contributed by atoms with Crippen molar-refractivity contribution in [3.63, 3.8) is 0 Å². The average molecular weight is 477 g/mol. The Bertz CT molecular complexity index is 1020. The summed E-state index contributed by atoms with van der Waals surface area (Å²) in [7, 11) is 0. The van der Waals surface area contributed by atoms with Crippen molar-refractivity contribution in [2.45, 2.75) is 37.9 Å². The first-order valence-corrected chi connectivity index (χ1v) is 10.5. The molecule has 0 spiro atoms. The lowest BCUT2D eigenvalue weighted by atomic mass is 10.1. The Morgan fingerprint density at radius 2 is 1.67 bits per heavy atom. The summed E-state index contributed by atoms with van der Waals surface area (Å²) in [6, 6.07) is 15.7. The zero-order valence-electron chi connectivity index (χ0n) is 16.0. The van der Waals surface area contributed by atoms with Gasteiger partial charge in [-0.2, -0.15) is 18.2 Å². The van der Waals surface area contributed by atoms with Crippen LogP contribution < -0.4 is 10.6 Å². The summed E-state index contributed by atoms with van der Waals surface area (Å²) in [5.74, 6) is 0.902. The number of nitrogens with one attached hydrogen (secondary N) is 2. The van der Waals surface area contributed by atoms with Crippen LogP contribution in [0.5, 0.6) is 0 Å². The molecule has 0 radical (unpaired) electrons. The first-order valence-electron chi connectivity index (χ1n) is 9.73. The Balaban J connectivity index is 1.68. The van der Waals surface area contributed by atoms with E-state index in [-0.39, 0.29) is 4.47 Å². The molecule has 1 aromatic heterocycles. The van der Waals surface area contributed by atoms with Crippen LogP contribution in [0.2, 0.25) is 0 Å². The van der Waals surface area contributed by atoms with Crippen molar-refractivity contribution in [2.75, 3.05) is 10.6 Å². The molecular weight excluding hydrogens is 457 g/mol. The number of anilines is 3. The van der Waals surface area contributed by atoms with E-state index in [1.165, 1.54) is 18.9 Å². The van der Waals surface area contributed by atoms with Gasteiger partial charge in [-0.15, -0.1) is 0 Å². The fourth-order valence-corrected chi connectivity index (χ4v) is 4.02. The van der Waals surface area contributed by atoms with E-state index in [0.717, 1.165) is 24.5 Å². The van der Waals surface area contributed by atoms with Crippen LogP contribution in [0.4, 0.5) is 30.6 Å². The highest BCUT2D eigenvalue weighted by Crippen LogP contribution is 2.37. The molecule has 4 nitrogen and oxygen atoms in total. The summed E-state index contributed by atoms with van der Waals surface area (Å²) in [6.45, 7) is 0. The lowest BCUT2D eigenvalue weighted by Crippen LogP contribution is -2.17. The minimum atomic E-state index is -4.45. The van der Waals surface area contributed by atoms with Crippen molar-refractivity contribution >= 4 is 33.4 Å². The molecule has 0 saturated heterocycles. The fourth-order valence-electron chi connectivity index (χ4n) is 3.55. The first kappa shape index (κ1) is 20.7. The smallest absolute Gasteiger partial charge is 0.351 e. The minimum Gasteiger partial charge on any atom is -0.351 e. The predicted molar refractivity (Wildman–Crippen MR) is 116 cm³/mol. The van der Waals surface area contributed by atoms with Gasteiger partial charge in [-0.3, -0.25) is 0 Å². The highest BCUT2D eigenvalue weighted by molar-refractivity contribution is 9.10. The number of aromatic nitrogens is 2. The molecule has 30 heavy (non-hydrogen) atoms. The van der Waals surface area contributed by atoms with Gasteiger partial charge in [0.1, 0.15) is 5.82 Å². The summed E-state index contributed by atoms with van der Waals surface area (Å²) in [6.07, 6.45) is -0.000208. The Hall–Kier alpha value is -2.61. The van der Waals surface area contributed by atoms with Gasteiger partial charge < -0.3 is 10.6 Å². The standard InChI is InChI=1S/C22H20BrF3N4/c23-18-11-10-16(12-17(18)22(24,25)26)27-20-13-19(14-6-2-1-3-7-14)29-21(30-20)28-15-8-4-5-9-15/h1-3,6-7,10-13,15H,4-5,8-9H2,(H2,27,28,29,30). The third-order valence-electron chi connectivity index (χ3n) is 5.03. The molecule has 2 aromatic carbocycles. The number of hydrogen-bond acceptors (Lipinski definition) is 4. The van der Waals surface area contributed by atoms with Gasteiger partial charge in [0.15, 0.2) is 0 Å². The highest BCUT2D eigenvalue weighted by atomic mass is 79.9. The Labute approximate surface area is 181 Å². The number of nitrogens with zero attached hydrogens (tertiary/aromatic N) is 2. The van der Waals surface area contributed by atoms with Crippen LogP contribution in [0.1, 0.15) is 31.2 Å². The molecule has 1 saturated carbocycles. The largest absolute Gasteiger partial charge is 0.417 e. The lowest BCUT2D eigenvalue weighted by molar-refractivity contribution is -0.138. The number of rotatable bonds is 5. The van der Waals surface area contributed by atoms with Crippen LogP contribution in [0.25, 0.3) is 11.3 Å². The topological polar surface area (TPSA) is 49.8 Å². The molecule has 0 aliphatic heterocycles. The van der Waals surface area contributed by atoms with Crippen LogP contribution in [-0.2, 0) is 6.18 Å². The summed E-state index contributed by atoms with van der Waals surface area (Å²) < 4.78 is 39.7. The Morgan fingerprint density at radius 3 is 2.37 bits per heavy atom. The molecule has 2 N–H and O–H groups in total. The van der Waals surface area contributed by atoms with Gasteiger partial charge in [0.05, 0.1) is 11.3 Å². The van der Waals surface area contributed by atoms with Crippen LogP contribution >= 0.6 is 15.9 Å². The van der Waals surface area contributed by atoms with Crippen molar-refractivity contribution in [3.05, 3.63) is 64.6 Å². The van der Waals surface area contributed by atoms with Gasteiger partial charge in [-0.05, 0) is 31.0 Å². The van der Waals surface area contributed by atoms with Gasteiger partial charge in [-0.25, -0.2) is 4.98 Å². The fraction of sp³-hybridized carbons (Fsp3) is 0.273. The third kappa shape index (κ3) is 4.92. The second-order valence-corrected chi connectivity index (χ2v) is 8.13. The van der Waals surface area contributed by atoms with E-state index in [2.05, 4.69) is 36.5 Å². The molecule has 156 valence electrons. The zero-order valence-corrected chi connectivity index (χ0v) is 17.6. The van der Waals surface area contributed by atoms with Crippen LogP contribution in [0.15, 0.2) is 59.1 Å². The summed E-state index contributed by atoms with van der Waals surface area (Å²) in [5.41, 5.74) is 1.16. The van der Waals surface area contributed by atoms with Gasteiger partial charge in [0.2, 0.25) is 5.95 Å². The third-order valence-corrected chi connectivity index (χ3v) is 5.72. The molecule has 3 aromatic rings.